The average molecular weight is 481 g/mol. The Kier molecular flexibility index (Phi) is 9.57. The first-order valence-electron chi connectivity index (χ1n) is 11.5. The molecule has 3 aliphatic heterocycles. The van der Waals surface area contributed by atoms with Gasteiger partial charge in [-0.05, 0) is 13.3 Å². The van der Waals surface area contributed by atoms with Crippen molar-refractivity contribution in [2.24, 2.45) is 26.6 Å². The van der Waals surface area contributed by atoms with Crippen LogP contribution in [0.5, 0.6) is 0 Å². The van der Waals surface area contributed by atoms with Gasteiger partial charge in [0.25, 0.3) is 0 Å². The lowest BCUT2D eigenvalue weighted by Crippen LogP contribution is -2.56. The molecule has 0 saturated carbocycles. The number of nitrogens with two attached hydrogens (primary N) is 1. The number of methoxy groups -OCH3 is 3. The Morgan fingerprint density at radius 2 is 2.18 bits per heavy atom. The van der Waals surface area contributed by atoms with Crippen LogP contribution in [0.15, 0.2) is 38.8 Å². The van der Waals surface area contributed by atoms with E-state index in [1.807, 2.05) is 0 Å². The number of rotatable bonds is 7. The van der Waals surface area contributed by atoms with Gasteiger partial charge < -0.3 is 34.9 Å². The van der Waals surface area contributed by atoms with Crippen molar-refractivity contribution in [2.45, 2.75) is 44.1 Å². The summed E-state index contributed by atoms with van der Waals surface area (Å²) in [5.74, 6) is 0.585. The number of likely N-dealkylation sites (tertiary alicyclic amines) is 1. The van der Waals surface area contributed by atoms with Crippen LogP contribution in [0, 0.1) is 5.92 Å². The van der Waals surface area contributed by atoms with E-state index in [-0.39, 0.29) is 42.1 Å². The second kappa shape index (κ2) is 12.4. The highest BCUT2D eigenvalue weighted by Crippen LogP contribution is 2.22. The second-order valence-electron chi connectivity index (χ2n) is 8.66. The third-order valence-corrected chi connectivity index (χ3v) is 6.37. The monoisotopic (exact) mass is 480 g/mol. The summed E-state index contributed by atoms with van der Waals surface area (Å²) >= 11 is 0. The molecule has 2 saturated heterocycles. The molecule has 0 spiro atoms. The van der Waals surface area contributed by atoms with E-state index >= 15 is 0 Å². The number of ether oxygens (including phenoxy) is 4. The van der Waals surface area contributed by atoms with Gasteiger partial charge in [-0.25, -0.2) is 14.4 Å². The van der Waals surface area contributed by atoms with Crippen molar-refractivity contribution < 1.29 is 23.3 Å². The summed E-state index contributed by atoms with van der Waals surface area (Å²) < 4.78 is 36.2. The minimum Gasteiger partial charge on any atom is -0.499 e. The number of nitrogens with zero attached hydrogens (tertiary/aromatic N) is 4. The molecule has 4 atom stereocenters. The van der Waals surface area contributed by atoms with Crippen molar-refractivity contribution in [3.05, 3.63) is 23.9 Å². The smallest absolute Gasteiger partial charge is 0.222 e. The molecule has 0 aromatic carbocycles. The lowest BCUT2D eigenvalue weighted by atomic mass is 9.99. The molecular formula is C23H37FN6O4. The summed E-state index contributed by atoms with van der Waals surface area (Å²) in [6, 6.07) is -0.352. The number of guanidine groups is 1. The van der Waals surface area contributed by atoms with Gasteiger partial charge in [0.2, 0.25) is 5.96 Å². The minimum absolute atomic E-state index is 0.0371. The van der Waals surface area contributed by atoms with Gasteiger partial charge in [-0.1, -0.05) is 6.58 Å². The molecule has 2 fully saturated rings. The van der Waals surface area contributed by atoms with Crippen LogP contribution in [0.1, 0.15) is 19.8 Å². The number of halogens is 1. The van der Waals surface area contributed by atoms with Crippen LogP contribution < -0.4 is 11.1 Å². The molecular weight excluding hydrogens is 443 g/mol. The molecule has 0 unspecified atom stereocenters. The van der Waals surface area contributed by atoms with E-state index in [1.54, 1.807) is 27.4 Å². The topological polar surface area (TPSA) is 115 Å². The van der Waals surface area contributed by atoms with E-state index in [0.717, 1.165) is 6.42 Å². The van der Waals surface area contributed by atoms with Crippen molar-refractivity contribution in [2.75, 3.05) is 54.2 Å². The number of amidine groups is 1. The highest BCUT2D eigenvalue weighted by Gasteiger charge is 2.32. The summed E-state index contributed by atoms with van der Waals surface area (Å²) in [4.78, 5) is 16.2. The Bertz CT molecular complexity index is 839. The molecule has 10 nitrogen and oxygen atoms in total. The van der Waals surface area contributed by atoms with Gasteiger partial charge in [0.05, 0.1) is 44.2 Å². The van der Waals surface area contributed by atoms with Gasteiger partial charge in [0.1, 0.15) is 17.4 Å². The number of nitrogens with one attached hydrogen (secondary N) is 1. The minimum atomic E-state index is -0.505. The molecule has 0 aromatic rings. The summed E-state index contributed by atoms with van der Waals surface area (Å²) in [7, 11) is 4.68. The van der Waals surface area contributed by atoms with Gasteiger partial charge in [0, 0.05) is 58.5 Å². The van der Waals surface area contributed by atoms with E-state index in [1.165, 1.54) is 7.11 Å². The Morgan fingerprint density at radius 3 is 2.82 bits per heavy atom. The molecule has 0 aromatic heterocycles. The van der Waals surface area contributed by atoms with Gasteiger partial charge in [0.15, 0.2) is 0 Å². The Labute approximate surface area is 200 Å². The van der Waals surface area contributed by atoms with E-state index < -0.39 is 6.10 Å². The fourth-order valence-corrected chi connectivity index (χ4v) is 3.92. The lowest BCUT2D eigenvalue weighted by molar-refractivity contribution is 0.00569. The summed E-state index contributed by atoms with van der Waals surface area (Å²) in [6.07, 6.45) is 2.11. The normalized spacial score (nSPS) is 29.3. The predicted octanol–water partition coefficient (Wildman–Crippen LogP) is 1.24. The molecule has 0 bridgehead atoms. The fourth-order valence-electron chi connectivity index (χ4n) is 3.92. The van der Waals surface area contributed by atoms with Gasteiger partial charge in [-0.15, -0.1) is 0 Å². The Hall–Kier alpha value is -2.34. The zero-order valence-electron chi connectivity index (χ0n) is 20.5. The maximum atomic E-state index is 14.6. The molecule has 3 aliphatic rings. The molecule has 0 aliphatic carbocycles. The number of allylic oxidation sites excluding steroid dienone is 1. The third kappa shape index (κ3) is 6.62. The van der Waals surface area contributed by atoms with Crippen molar-refractivity contribution in [1.82, 2.24) is 10.2 Å². The zero-order chi connectivity index (χ0) is 24.7. The summed E-state index contributed by atoms with van der Waals surface area (Å²) in [5, 5.41) is 3.19. The zero-order valence-corrected chi connectivity index (χ0v) is 20.5. The van der Waals surface area contributed by atoms with Crippen LogP contribution in [0.2, 0.25) is 0 Å². The van der Waals surface area contributed by atoms with Crippen LogP contribution in [0.3, 0.4) is 0 Å². The third-order valence-electron chi connectivity index (χ3n) is 6.37. The van der Waals surface area contributed by atoms with E-state index in [9.17, 15) is 4.39 Å². The molecule has 3 heterocycles. The van der Waals surface area contributed by atoms with Gasteiger partial charge in [-0.3, -0.25) is 4.99 Å². The lowest BCUT2D eigenvalue weighted by Gasteiger charge is -2.40. The molecule has 0 radical (unpaired) electrons. The fraction of sp³-hybridized carbons (Fsp3) is 0.696. The molecule has 0 amide bonds. The quantitative estimate of drug-likeness (QED) is 0.527. The first kappa shape index (κ1) is 26.3. The van der Waals surface area contributed by atoms with Gasteiger partial charge >= 0.3 is 0 Å². The maximum absolute atomic E-state index is 14.6. The Morgan fingerprint density at radius 1 is 1.41 bits per heavy atom. The van der Waals surface area contributed by atoms with Crippen molar-refractivity contribution >= 4 is 18.0 Å². The van der Waals surface area contributed by atoms with Crippen molar-refractivity contribution in [3.8, 4) is 0 Å². The van der Waals surface area contributed by atoms with E-state index in [2.05, 4.69) is 21.8 Å². The van der Waals surface area contributed by atoms with Crippen LogP contribution in [-0.2, 0) is 18.9 Å². The average Bonchev–Trinajstić information content (AvgIpc) is 2.87. The summed E-state index contributed by atoms with van der Waals surface area (Å²) in [5.41, 5.74) is 6.82. The SMILES string of the molecule is C=C1NC(=N[C@@H]2COCC[C@@H]2N)N=C[C@H]([C@H](C/C(F)=C(\C)OC)OC)CN=C1N1CC(OC)C1. The predicted molar refractivity (Wildman–Crippen MR) is 130 cm³/mol. The molecule has 190 valence electrons. The van der Waals surface area contributed by atoms with Crippen LogP contribution in [0.4, 0.5) is 4.39 Å². The second-order valence-corrected chi connectivity index (χ2v) is 8.66. The molecule has 3 N–H and O–H groups in total. The summed E-state index contributed by atoms with van der Waals surface area (Å²) in [6.45, 7) is 8.54. The highest BCUT2D eigenvalue weighted by atomic mass is 19.1. The standard InChI is InChI=1S/C23H37FN6O4/c1-14-22(30-11-17(12-30)32-4)26-9-16(21(33-5)8-18(24)15(2)31-3)10-27-23(28-14)29-20-13-34-7-6-19(20)25/h10,16-17,19-21H,1,6-9,11-13,25H2,2-5H3,(H,28,29)/b18-15-,26-22?,27-10?/t16-,19+,20-,21+/m1/s1. The number of hydrogen-bond donors (Lipinski definition) is 2. The Balaban J connectivity index is 1.89. The number of aliphatic imine (C=N–C) groups is 3. The van der Waals surface area contributed by atoms with Crippen LogP contribution in [-0.4, -0.2) is 101 Å². The number of hydrogen-bond acceptors (Lipinski definition) is 8. The first-order valence-corrected chi connectivity index (χ1v) is 11.5. The van der Waals surface area contributed by atoms with Gasteiger partial charge in [-0.2, -0.15) is 0 Å². The highest BCUT2D eigenvalue weighted by molar-refractivity contribution is 6.03. The molecule has 34 heavy (non-hydrogen) atoms. The van der Waals surface area contributed by atoms with Crippen molar-refractivity contribution in [1.29, 1.82) is 0 Å². The van der Waals surface area contributed by atoms with Crippen LogP contribution >= 0.6 is 0 Å². The molecule has 11 heteroatoms. The van der Waals surface area contributed by atoms with Crippen molar-refractivity contribution in [3.63, 3.8) is 0 Å². The first-order chi connectivity index (χ1) is 16.4. The van der Waals surface area contributed by atoms with Crippen LogP contribution in [0.25, 0.3) is 0 Å². The molecule has 3 rings (SSSR count). The maximum Gasteiger partial charge on any atom is 0.222 e. The van der Waals surface area contributed by atoms with E-state index in [0.29, 0.717) is 50.3 Å². The van der Waals surface area contributed by atoms with E-state index in [4.69, 9.17) is 34.7 Å². The largest absolute Gasteiger partial charge is 0.499 e.